The number of amides is 2. The second kappa shape index (κ2) is 23.2. The predicted octanol–water partition coefficient (Wildman–Crippen LogP) is 4.94. The molecule has 0 radical (unpaired) electrons. The fourth-order valence-corrected chi connectivity index (χ4v) is 4.43. The van der Waals surface area contributed by atoms with Crippen molar-refractivity contribution in [1.82, 2.24) is 10.6 Å². The number of ketones is 1. The zero-order chi connectivity index (χ0) is 39.2. The van der Waals surface area contributed by atoms with Crippen LogP contribution in [-0.4, -0.2) is 101 Å². The smallest absolute Gasteiger partial charge is 0.452 e. The molecule has 13 nitrogen and oxygen atoms in total. The zero-order valence-corrected chi connectivity index (χ0v) is 29.5. The van der Waals surface area contributed by atoms with Crippen molar-refractivity contribution in [2.75, 3.05) is 59.5 Å². The maximum Gasteiger partial charge on any atom is 0.452 e. The summed E-state index contributed by atoms with van der Waals surface area (Å²) in [6.07, 6.45) is -0.387. The van der Waals surface area contributed by atoms with Crippen molar-refractivity contribution in [1.29, 1.82) is 0 Å². The molecule has 1 unspecified atom stereocenters. The predicted molar refractivity (Wildman–Crippen MR) is 190 cm³/mol. The van der Waals surface area contributed by atoms with Crippen LogP contribution in [0.2, 0.25) is 0 Å². The van der Waals surface area contributed by atoms with Crippen LogP contribution in [-0.2, 0) is 39.7 Å². The number of nitrogens with one attached hydrogen (secondary N) is 2. The lowest BCUT2D eigenvalue weighted by atomic mass is 10.0. The third-order valence-corrected chi connectivity index (χ3v) is 7.20. The molecule has 3 rings (SSSR count). The molecule has 0 aliphatic rings. The van der Waals surface area contributed by atoms with Crippen molar-refractivity contribution in [2.24, 2.45) is 10.2 Å². The van der Waals surface area contributed by atoms with Crippen molar-refractivity contribution in [3.8, 4) is 12.3 Å². The Morgan fingerprint density at radius 3 is 1.63 bits per heavy atom. The minimum atomic E-state index is -5.13. The Hall–Kier alpha value is -5.47. The minimum Gasteiger partial charge on any atom is -0.462 e. The van der Waals surface area contributed by atoms with Gasteiger partial charge in [0.2, 0.25) is 0 Å². The second-order valence-electron chi connectivity index (χ2n) is 11.3. The van der Waals surface area contributed by atoms with Crippen LogP contribution in [0.25, 0.3) is 0 Å². The van der Waals surface area contributed by atoms with Crippen LogP contribution >= 0.6 is 0 Å². The Bertz CT molecular complexity index is 1700. The molecule has 0 fully saturated rings. The van der Waals surface area contributed by atoms with E-state index in [1.807, 2.05) is 0 Å². The van der Waals surface area contributed by atoms with Crippen molar-refractivity contribution in [2.45, 2.75) is 31.6 Å². The highest BCUT2D eigenvalue weighted by molar-refractivity contribution is 5.99. The summed E-state index contributed by atoms with van der Waals surface area (Å²) in [5.41, 5.74) is 1.44. The van der Waals surface area contributed by atoms with Gasteiger partial charge in [-0.3, -0.25) is 14.4 Å². The number of alkyl halides is 3. The van der Waals surface area contributed by atoms with E-state index >= 15 is 0 Å². The number of halogens is 3. The first kappa shape index (κ1) is 42.9. The molecule has 2 N–H and O–H groups in total. The van der Waals surface area contributed by atoms with Crippen LogP contribution in [0.5, 0.6) is 0 Å². The Labute approximate surface area is 310 Å². The minimum absolute atomic E-state index is 0.00632. The van der Waals surface area contributed by atoms with Gasteiger partial charge in [0.25, 0.3) is 17.6 Å². The van der Waals surface area contributed by atoms with Crippen molar-refractivity contribution in [3.63, 3.8) is 0 Å². The molecule has 0 heterocycles. The SMILES string of the molecule is C#CCOCCOCCOCCOCCOC(=O)[C@@H](C)NC(=O)c1ccc(N=Nc2ccc(C(=O)NC(Cc3ccccc3)C(=O)C(F)(F)F)cc2)cc1. The first-order chi connectivity index (χ1) is 26.0. The van der Waals surface area contributed by atoms with Crippen molar-refractivity contribution >= 4 is 34.9 Å². The number of hydrogen-bond acceptors (Lipinski definition) is 11. The number of esters is 1. The Morgan fingerprint density at radius 1 is 0.685 bits per heavy atom. The summed E-state index contributed by atoms with van der Waals surface area (Å²) in [7, 11) is 0. The highest BCUT2D eigenvalue weighted by atomic mass is 19.4. The zero-order valence-electron chi connectivity index (χ0n) is 29.5. The summed E-state index contributed by atoms with van der Waals surface area (Å²) in [6.45, 7) is 4.14. The summed E-state index contributed by atoms with van der Waals surface area (Å²) in [5, 5.41) is 12.9. The van der Waals surface area contributed by atoms with Crippen LogP contribution in [0, 0.1) is 12.3 Å². The molecule has 0 saturated carbocycles. The number of nitrogens with zero attached hydrogens (tertiary/aromatic N) is 2. The molecule has 0 aliphatic carbocycles. The third-order valence-electron chi connectivity index (χ3n) is 7.20. The molecule has 2 amide bonds. The van der Waals surface area contributed by atoms with Crippen LogP contribution in [0.4, 0.5) is 24.5 Å². The van der Waals surface area contributed by atoms with E-state index < -0.39 is 41.8 Å². The van der Waals surface area contributed by atoms with Crippen LogP contribution in [0.15, 0.2) is 89.1 Å². The van der Waals surface area contributed by atoms with Gasteiger partial charge in [-0.25, -0.2) is 4.79 Å². The Balaban J connectivity index is 1.37. The first-order valence-electron chi connectivity index (χ1n) is 16.8. The standard InChI is InChI=1S/C38H41F3N4O9/c1-3-17-50-18-19-51-20-21-52-22-23-53-24-25-54-37(49)27(2)42-35(47)29-9-13-31(14-10-29)44-45-32-15-11-30(12-16-32)36(48)43-33(34(46)38(39,40)41)26-28-7-5-4-6-8-28/h1,4-16,27,33H,17-26H2,2H3,(H,42,47)(H,43,48)/t27-,33?/m1/s1. The Morgan fingerprint density at radius 2 is 1.15 bits per heavy atom. The molecule has 0 spiro atoms. The molecule has 0 aromatic heterocycles. The molecule has 0 bridgehead atoms. The van der Waals surface area contributed by atoms with E-state index in [1.54, 1.807) is 30.3 Å². The largest absolute Gasteiger partial charge is 0.462 e. The van der Waals surface area contributed by atoms with Gasteiger partial charge in [0.05, 0.1) is 57.6 Å². The topological polar surface area (TPSA) is 163 Å². The van der Waals surface area contributed by atoms with Gasteiger partial charge >= 0.3 is 12.1 Å². The normalized spacial score (nSPS) is 12.4. The van der Waals surface area contributed by atoms with Gasteiger partial charge in [0.1, 0.15) is 25.3 Å². The lowest BCUT2D eigenvalue weighted by Crippen LogP contribution is -2.48. The Kier molecular flexibility index (Phi) is 18.5. The summed E-state index contributed by atoms with van der Waals surface area (Å²) in [4.78, 5) is 49.7. The monoisotopic (exact) mass is 754 g/mol. The molecule has 0 aliphatic heterocycles. The summed E-state index contributed by atoms with van der Waals surface area (Å²) < 4.78 is 65.9. The third kappa shape index (κ3) is 16.0. The molecule has 3 aromatic rings. The molecule has 2 atom stereocenters. The van der Waals surface area contributed by atoms with Gasteiger partial charge in [0.15, 0.2) is 0 Å². The van der Waals surface area contributed by atoms with E-state index in [4.69, 9.17) is 30.1 Å². The molecule has 16 heteroatoms. The number of azo groups is 1. The maximum absolute atomic E-state index is 13.2. The lowest BCUT2D eigenvalue weighted by molar-refractivity contribution is -0.173. The number of ether oxygens (including phenoxy) is 5. The molecule has 0 saturated heterocycles. The number of benzene rings is 3. The van der Waals surface area contributed by atoms with E-state index in [0.29, 0.717) is 56.6 Å². The van der Waals surface area contributed by atoms with E-state index in [0.717, 1.165) is 0 Å². The fourth-order valence-electron chi connectivity index (χ4n) is 4.43. The van der Waals surface area contributed by atoms with Crippen molar-refractivity contribution in [3.05, 3.63) is 95.6 Å². The average molecular weight is 755 g/mol. The van der Waals surface area contributed by atoms with Crippen molar-refractivity contribution < 1.29 is 56.0 Å². The van der Waals surface area contributed by atoms with Gasteiger partial charge in [-0.15, -0.1) is 6.42 Å². The van der Waals surface area contributed by atoms with Crippen LogP contribution in [0.3, 0.4) is 0 Å². The quantitative estimate of drug-likeness (QED) is 0.0592. The lowest BCUT2D eigenvalue weighted by Gasteiger charge is -2.19. The van der Waals surface area contributed by atoms with Gasteiger partial charge in [-0.2, -0.15) is 23.4 Å². The summed E-state index contributed by atoms with van der Waals surface area (Å²) in [5.74, 6) is -1.71. The number of carbonyl (C=O) groups is 4. The van der Waals surface area contributed by atoms with E-state index in [9.17, 15) is 32.3 Å². The van der Waals surface area contributed by atoms with E-state index in [1.165, 1.54) is 55.5 Å². The van der Waals surface area contributed by atoms with Gasteiger partial charge in [0, 0.05) is 17.5 Å². The van der Waals surface area contributed by atoms with Gasteiger partial charge in [-0.05, 0) is 61.0 Å². The van der Waals surface area contributed by atoms with Gasteiger partial charge in [-0.1, -0.05) is 36.3 Å². The first-order valence-corrected chi connectivity index (χ1v) is 16.8. The van der Waals surface area contributed by atoms with E-state index in [2.05, 4.69) is 26.8 Å². The number of carbonyl (C=O) groups excluding carboxylic acids is 4. The average Bonchev–Trinajstić information content (AvgIpc) is 3.16. The number of rotatable bonds is 23. The van der Waals surface area contributed by atoms with E-state index in [-0.39, 0.29) is 37.4 Å². The molecule has 288 valence electrons. The maximum atomic E-state index is 13.2. The second-order valence-corrected chi connectivity index (χ2v) is 11.3. The van der Waals surface area contributed by atoms with Crippen LogP contribution < -0.4 is 10.6 Å². The molecular weight excluding hydrogens is 713 g/mol. The summed E-state index contributed by atoms with van der Waals surface area (Å²) >= 11 is 0. The number of terminal acetylenes is 1. The van der Waals surface area contributed by atoms with Gasteiger partial charge < -0.3 is 34.3 Å². The highest BCUT2D eigenvalue weighted by Gasteiger charge is 2.44. The van der Waals surface area contributed by atoms with Crippen LogP contribution in [0.1, 0.15) is 33.2 Å². The number of Topliss-reactive ketones (excluding diaryl/α,β-unsaturated/α-hetero) is 1. The number of hydrogen-bond donors (Lipinski definition) is 2. The molecule has 3 aromatic carbocycles. The highest BCUT2D eigenvalue weighted by Crippen LogP contribution is 2.22. The molecular formula is C38H41F3N4O9. The summed E-state index contributed by atoms with van der Waals surface area (Å²) in [6, 6.07) is 16.9. The molecule has 54 heavy (non-hydrogen) atoms. The fraction of sp³-hybridized carbons (Fsp3) is 0.368.